The van der Waals surface area contributed by atoms with Gasteiger partial charge in [0.25, 0.3) is 5.56 Å². The van der Waals surface area contributed by atoms with Crippen LogP contribution < -0.4 is 20.5 Å². The molecule has 1 heterocycles. The van der Waals surface area contributed by atoms with Crippen LogP contribution in [0.3, 0.4) is 0 Å². The summed E-state index contributed by atoms with van der Waals surface area (Å²) in [5.74, 6) is 1.26. The molecule has 3 rings (SSSR count). The molecular formula is C20H17N5O3. The van der Waals surface area contributed by atoms with E-state index in [4.69, 9.17) is 9.47 Å². The number of benzene rings is 2. The number of rotatable bonds is 6. The molecule has 0 aliphatic rings. The SMILES string of the molecule is COc1cccc(OC)c1C=NNc1nc(-c2ccccc2)c(C#N)c(=O)[nH]1. The second-order valence-corrected chi connectivity index (χ2v) is 5.56. The summed E-state index contributed by atoms with van der Waals surface area (Å²) >= 11 is 0. The van der Waals surface area contributed by atoms with Crippen molar-refractivity contribution in [3.63, 3.8) is 0 Å². The highest BCUT2D eigenvalue weighted by Crippen LogP contribution is 2.26. The number of hydrogen-bond acceptors (Lipinski definition) is 7. The number of H-pyrrole nitrogens is 1. The van der Waals surface area contributed by atoms with Crippen LogP contribution in [-0.4, -0.2) is 30.4 Å². The molecule has 0 fully saturated rings. The van der Waals surface area contributed by atoms with Gasteiger partial charge >= 0.3 is 0 Å². The Balaban J connectivity index is 1.95. The van der Waals surface area contributed by atoms with E-state index in [1.165, 1.54) is 6.21 Å². The highest BCUT2D eigenvalue weighted by Gasteiger charge is 2.13. The Morgan fingerprint density at radius 1 is 1.11 bits per heavy atom. The van der Waals surface area contributed by atoms with E-state index in [9.17, 15) is 10.1 Å². The maximum atomic E-state index is 12.2. The number of hydrazone groups is 1. The van der Waals surface area contributed by atoms with Crippen molar-refractivity contribution >= 4 is 12.2 Å². The molecule has 2 aromatic carbocycles. The molecule has 3 aromatic rings. The zero-order valence-electron chi connectivity index (χ0n) is 15.3. The van der Waals surface area contributed by atoms with E-state index in [0.717, 1.165) is 0 Å². The molecule has 0 spiro atoms. The zero-order chi connectivity index (χ0) is 19.9. The van der Waals surface area contributed by atoms with E-state index < -0.39 is 5.56 Å². The van der Waals surface area contributed by atoms with Crippen LogP contribution in [0.25, 0.3) is 11.3 Å². The number of ether oxygens (including phenoxy) is 2. The second kappa shape index (κ2) is 8.51. The average Bonchev–Trinajstić information content (AvgIpc) is 2.74. The first-order chi connectivity index (χ1) is 13.7. The summed E-state index contributed by atoms with van der Waals surface area (Å²) in [6.45, 7) is 0. The highest BCUT2D eigenvalue weighted by molar-refractivity contribution is 5.87. The fraction of sp³-hybridized carbons (Fsp3) is 0.100. The van der Waals surface area contributed by atoms with Crippen LogP contribution in [0.4, 0.5) is 5.95 Å². The van der Waals surface area contributed by atoms with Crippen molar-refractivity contribution in [1.29, 1.82) is 5.26 Å². The maximum absolute atomic E-state index is 12.2. The minimum absolute atomic E-state index is 0.0628. The first-order valence-corrected chi connectivity index (χ1v) is 8.27. The fourth-order valence-electron chi connectivity index (χ4n) is 2.60. The highest BCUT2D eigenvalue weighted by atomic mass is 16.5. The predicted molar refractivity (Wildman–Crippen MR) is 106 cm³/mol. The molecule has 8 heteroatoms. The number of nitriles is 1. The van der Waals surface area contributed by atoms with Crippen molar-refractivity contribution < 1.29 is 9.47 Å². The van der Waals surface area contributed by atoms with Gasteiger partial charge in [0.1, 0.15) is 23.1 Å². The summed E-state index contributed by atoms with van der Waals surface area (Å²) in [5.41, 5.74) is 3.62. The van der Waals surface area contributed by atoms with Gasteiger partial charge in [-0.05, 0) is 12.1 Å². The van der Waals surface area contributed by atoms with E-state index in [2.05, 4.69) is 20.5 Å². The van der Waals surface area contributed by atoms with Gasteiger partial charge in [-0.2, -0.15) is 10.4 Å². The molecule has 0 saturated heterocycles. The van der Waals surface area contributed by atoms with E-state index in [0.29, 0.717) is 22.6 Å². The molecule has 2 N–H and O–H groups in total. The van der Waals surface area contributed by atoms with Gasteiger partial charge in [-0.25, -0.2) is 10.4 Å². The molecule has 0 radical (unpaired) electrons. The molecule has 0 saturated carbocycles. The van der Waals surface area contributed by atoms with Crippen molar-refractivity contribution in [2.75, 3.05) is 19.6 Å². The standard InChI is InChI=1S/C20H17N5O3/c1-27-16-9-6-10-17(28-2)15(16)12-22-25-20-23-18(13-7-4-3-5-8-13)14(11-21)19(26)24-20/h3-10,12H,1-2H3,(H2,23,24,25,26). The minimum atomic E-state index is -0.552. The largest absolute Gasteiger partial charge is 0.496 e. The Morgan fingerprint density at radius 3 is 2.39 bits per heavy atom. The number of aromatic amines is 1. The van der Waals surface area contributed by atoms with Crippen LogP contribution >= 0.6 is 0 Å². The lowest BCUT2D eigenvalue weighted by atomic mass is 10.1. The van der Waals surface area contributed by atoms with Crippen molar-refractivity contribution in [3.8, 4) is 28.8 Å². The summed E-state index contributed by atoms with van der Waals surface area (Å²) in [7, 11) is 3.09. The predicted octanol–water partition coefficient (Wildman–Crippen LogP) is 2.77. The maximum Gasteiger partial charge on any atom is 0.270 e. The fourth-order valence-corrected chi connectivity index (χ4v) is 2.60. The summed E-state index contributed by atoms with van der Waals surface area (Å²) < 4.78 is 10.6. The minimum Gasteiger partial charge on any atom is -0.496 e. The number of methoxy groups -OCH3 is 2. The summed E-state index contributed by atoms with van der Waals surface area (Å²) in [5, 5.41) is 13.4. The van der Waals surface area contributed by atoms with E-state index in [-0.39, 0.29) is 17.2 Å². The van der Waals surface area contributed by atoms with Crippen molar-refractivity contribution in [3.05, 3.63) is 70.0 Å². The van der Waals surface area contributed by atoms with Gasteiger partial charge in [0, 0.05) is 5.56 Å². The molecule has 8 nitrogen and oxygen atoms in total. The average molecular weight is 375 g/mol. The third kappa shape index (κ3) is 3.83. The van der Waals surface area contributed by atoms with Crippen LogP contribution in [0.2, 0.25) is 0 Å². The number of nitrogens with one attached hydrogen (secondary N) is 2. The van der Waals surface area contributed by atoms with Gasteiger partial charge in [-0.3, -0.25) is 9.78 Å². The van der Waals surface area contributed by atoms with Crippen molar-refractivity contribution in [1.82, 2.24) is 9.97 Å². The van der Waals surface area contributed by atoms with E-state index in [1.54, 1.807) is 56.7 Å². The van der Waals surface area contributed by atoms with Crippen LogP contribution in [0.1, 0.15) is 11.1 Å². The van der Waals surface area contributed by atoms with Gasteiger partial charge in [0.2, 0.25) is 5.95 Å². The Bertz CT molecular complexity index is 1080. The van der Waals surface area contributed by atoms with Gasteiger partial charge in [-0.15, -0.1) is 0 Å². The second-order valence-electron chi connectivity index (χ2n) is 5.56. The lowest BCUT2D eigenvalue weighted by Gasteiger charge is -2.09. The van der Waals surface area contributed by atoms with Gasteiger partial charge in [0.05, 0.1) is 31.7 Å². The normalized spacial score (nSPS) is 10.5. The first-order valence-electron chi connectivity index (χ1n) is 8.27. The van der Waals surface area contributed by atoms with Gasteiger partial charge in [0.15, 0.2) is 0 Å². The monoisotopic (exact) mass is 375 g/mol. The first kappa shape index (κ1) is 18.7. The molecule has 28 heavy (non-hydrogen) atoms. The number of aromatic nitrogens is 2. The molecule has 0 unspecified atom stereocenters. The Labute approximate surface area is 161 Å². The van der Waals surface area contributed by atoms with Gasteiger partial charge < -0.3 is 9.47 Å². The van der Waals surface area contributed by atoms with Crippen LogP contribution in [0.15, 0.2) is 58.4 Å². The van der Waals surface area contributed by atoms with Gasteiger partial charge in [-0.1, -0.05) is 36.4 Å². The summed E-state index contributed by atoms with van der Waals surface area (Å²) in [6.07, 6.45) is 1.50. The topological polar surface area (TPSA) is 112 Å². The molecule has 140 valence electrons. The molecular weight excluding hydrogens is 358 g/mol. The Morgan fingerprint density at radius 2 is 1.79 bits per heavy atom. The zero-order valence-corrected chi connectivity index (χ0v) is 15.3. The third-order valence-electron chi connectivity index (χ3n) is 3.91. The lowest BCUT2D eigenvalue weighted by molar-refractivity contribution is 0.393. The molecule has 0 aliphatic heterocycles. The number of hydrogen-bond donors (Lipinski definition) is 2. The molecule has 0 aliphatic carbocycles. The van der Waals surface area contributed by atoms with Crippen molar-refractivity contribution in [2.24, 2.45) is 5.10 Å². The van der Waals surface area contributed by atoms with Crippen LogP contribution in [-0.2, 0) is 0 Å². The van der Waals surface area contributed by atoms with E-state index in [1.807, 2.05) is 12.1 Å². The quantitative estimate of drug-likeness (QED) is 0.506. The van der Waals surface area contributed by atoms with Crippen LogP contribution in [0.5, 0.6) is 11.5 Å². The molecule has 0 amide bonds. The number of anilines is 1. The van der Waals surface area contributed by atoms with Crippen LogP contribution in [0, 0.1) is 11.3 Å². The third-order valence-corrected chi connectivity index (χ3v) is 3.91. The Kier molecular flexibility index (Phi) is 5.67. The Hall–Kier alpha value is -4.12. The smallest absolute Gasteiger partial charge is 0.270 e. The molecule has 0 bridgehead atoms. The van der Waals surface area contributed by atoms with E-state index >= 15 is 0 Å². The molecule has 1 aromatic heterocycles. The van der Waals surface area contributed by atoms with Crippen molar-refractivity contribution in [2.45, 2.75) is 0 Å². The number of nitrogens with zero attached hydrogens (tertiary/aromatic N) is 3. The molecule has 0 atom stereocenters. The summed E-state index contributed by atoms with van der Waals surface area (Å²) in [6, 6.07) is 16.2. The lowest BCUT2D eigenvalue weighted by Crippen LogP contribution is -2.16. The summed E-state index contributed by atoms with van der Waals surface area (Å²) in [4.78, 5) is 19.1.